The van der Waals surface area contributed by atoms with Crippen molar-refractivity contribution in [2.24, 2.45) is 17.4 Å². The van der Waals surface area contributed by atoms with E-state index in [4.69, 9.17) is 11.5 Å². The number of aliphatic hydroxyl groups is 1. The molecule has 0 aromatic rings. The van der Waals surface area contributed by atoms with Crippen LogP contribution in [-0.2, 0) is 0 Å². The van der Waals surface area contributed by atoms with Crippen LogP contribution in [-0.4, -0.2) is 10.8 Å². The number of allylic oxidation sites excluding steroid dienone is 2. The molecule has 0 spiro atoms. The standard InChI is InChI=1S/C7H12N2O/c1-5-6(8)3-2-4-7(5,9)10/h2-5,10H,8-9H2,1H3. The molecule has 1 aliphatic rings. The van der Waals surface area contributed by atoms with E-state index in [1.807, 2.05) is 0 Å². The topological polar surface area (TPSA) is 72.3 Å². The van der Waals surface area contributed by atoms with Crippen molar-refractivity contribution in [2.45, 2.75) is 12.6 Å². The Morgan fingerprint density at radius 2 is 2.30 bits per heavy atom. The van der Waals surface area contributed by atoms with Crippen LogP contribution in [0.25, 0.3) is 0 Å². The Morgan fingerprint density at radius 1 is 1.70 bits per heavy atom. The molecule has 1 rings (SSSR count). The Morgan fingerprint density at radius 3 is 2.70 bits per heavy atom. The first kappa shape index (κ1) is 7.31. The fraction of sp³-hybridized carbons (Fsp3) is 0.429. The molecule has 0 fully saturated rings. The predicted octanol–water partition coefficient (Wildman–Crippen LogP) is -0.318. The summed E-state index contributed by atoms with van der Waals surface area (Å²) in [7, 11) is 0. The van der Waals surface area contributed by atoms with Gasteiger partial charge in [0.15, 0.2) is 0 Å². The van der Waals surface area contributed by atoms with Gasteiger partial charge in [0.05, 0.1) is 0 Å². The highest BCUT2D eigenvalue weighted by atomic mass is 16.3. The molecule has 0 amide bonds. The maximum atomic E-state index is 9.38. The fourth-order valence-electron chi connectivity index (χ4n) is 0.869. The summed E-state index contributed by atoms with van der Waals surface area (Å²) in [5, 5.41) is 9.38. The van der Waals surface area contributed by atoms with Gasteiger partial charge < -0.3 is 10.8 Å². The van der Waals surface area contributed by atoms with E-state index in [0.29, 0.717) is 5.70 Å². The molecule has 0 heterocycles. The smallest absolute Gasteiger partial charge is 0.141 e. The molecule has 1 aliphatic carbocycles. The molecular weight excluding hydrogens is 128 g/mol. The molecule has 0 radical (unpaired) electrons. The Kier molecular flexibility index (Phi) is 1.54. The average Bonchev–Trinajstić information content (AvgIpc) is 1.83. The quantitative estimate of drug-likeness (QED) is 0.404. The lowest BCUT2D eigenvalue weighted by Gasteiger charge is -2.29. The molecule has 0 saturated carbocycles. The van der Waals surface area contributed by atoms with E-state index in [2.05, 4.69) is 0 Å². The zero-order valence-electron chi connectivity index (χ0n) is 5.91. The first-order chi connectivity index (χ1) is 4.54. The number of rotatable bonds is 0. The predicted molar refractivity (Wildman–Crippen MR) is 39.7 cm³/mol. The summed E-state index contributed by atoms with van der Waals surface area (Å²) in [6, 6.07) is 0. The second-order valence-electron chi connectivity index (χ2n) is 2.63. The molecule has 3 heteroatoms. The van der Waals surface area contributed by atoms with Crippen molar-refractivity contribution in [2.75, 3.05) is 0 Å². The average molecular weight is 140 g/mol. The third-order valence-electron chi connectivity index (χ3n) is 1.85. The number of nitrogens with two attached hydrogens (primary N) is 2. The van der Waals surface area contributed by atoms with Crippen LogP contribution in [0.3, 0.4) is 0 Å². The lowest BCUT2D eigenvalue weighted by Crippen LogP contribution is -2.47. The van der Waals surface area contributed by atoms with Crippen LogP contribution >= 0.6 is 0 Å². The van der Waals surface area contributed by atoms with Gasteiger partial charge in [-0.05, 0) is 12.2 Å². The first-order valence-electron chi connectivity index (χ1n) is 3.20. The molecule has 5 N–H and O–H groups in total. The van der Waals surface area contributed by atoms with Gasteiger partial charge in [0.2, 0.25) is 0 Å². The van der Waals surface area contributed by atoms with Gasteiger partial charge >= 0.3 is 0 Å². The van der Waals surface area contributed by atoms with Crippen LogP contribution < -0.4 is 11.5 Å². The minimum atomic E-state index is -1.27. The molecule has 2 unspecified atom stereocenters. The van der Waals surface area contributed by atoms with E-state index in [-0.39, 0.29) is 5.92 Å². The van der Waals surface area contributed by atoms with Gasteiger partial charge in [0, 0.05) is 11.6 Å². The summed E-state index contributed by atoms with van der Waals surface area (Å²) in [6.45, 7) is 1.79. The Labute approximate surface area is 60.0 Å². The molecule has 3 nitrogen and oxygen atoms in total. The van der Waals surface area contributed by atoms with Gasteiger partial charge in [-0.3, -0.25) is 5.73 Å². The monoisotopic (exact) mass is 140 g/mol. The van der Waals surface area contributed by atoms with E-state index in [0.717, 1.165) is 0 Å². The molecule has 0 aliphatic heterocycles. The summed E-state index contributed by atoms with van der Waals surface area (Å²) in [6.07, 6.45) is 4.94. The van der Waals surface area contributed by atoms with Gasteiger partial charge in [-0.15, -0.1) is 0 Å². The van der Waals surface area contributed by atoms with Crippen molar-refractivity contribution in [1.29, 1.82) is 0 Å². The van der Waals surface area contributed by atoms with Gasteiger partial charge in [0.1, 0.15) is 5.72 Å². The van der Waals surface area contributed by atoms with Crippen LogP contribution in [0.4, 0.5) is 0 Å². The molecule has 0 saturated heterocycles. The molecular formula is C7H12N2O. The molecule has 56 valence electrons. The minimum Gasteiger partial charge on any atom is -0.402 e. The molecule has 0 bridgehead atoms. The summed E-state index contributed by atoms with van der Waals surface area (Å²) < 4.78 is 0. The number of hydrogen-bond acceptors (Lipinski definition) is 3. The normalized spacial score (nSPS) is 39.5. The van der Waals surface area contributed by atoms with Crippen molar-refractivity contribution in [3.63, 3.8) is 0 Å². The maximum Gasteiger partial charge on any atom is 0.141 e. The van der Waals surface area contributed by atoms with Crippen molar-refractivity contribution in [3.05, 3.63) is 23.9 Å². The van der Waals surface area contributed by atoms with Crippen molar-refractivity contribution in [1.82, 2.24) is 0 Å². The summed E-state index contributed by atoms with van der Waals surface area (Å²) >= 11 is 0. The van der Waals surface area contributed by atoms with Crippen molar-refractivity contribution < 1.29 is 5.11 Å². The highest BCUT2D eigenvalue weighted by molar-refractivity contribution is 5.24. The fourth-order valence-corrected chi connectivity index (χ4v) is 0.869. The molecule has 10 heavy (non-hydrogen) atoms. The Bertz CT molecular complexity index is 194. The van der Waals surface area contributed by atoms with E-state index in [1.54, 1.807) is 19.1 Å². The molecule has 0 aromatic carbocycles. The van der Waals surface area contributed by atoms with Crippen LogP contribution in [0.1, 0.15) is 6.92 Å². The summed E-state index contributed by atoms with van der Waals surface area (Å²) in [5.74, 6) is -0.197. The highest BCUT2D eigenvalue weighted by Crippen LogP contribution is 2.21. The van der Waals surface area contributed by atoms with E-state index >= 15 is 0 Å². The van der Waals surface area contributed by atoms with Gasteiger partial charge in [-0.25, -0.2) is 0 Å². The van der Waals surface area contributed by atoms with Gasteiger partial charge in [0.25, 0.3) is 0 Å². The van der Waals surface area contributed by atoms with Gasteiger partial charge in [-0.2, -0.15) is 0 Å². The lowest BCUT2D eigenvalue weighted by molar-refractivity contribution is 0.0548. The number of hydrogen-bond donors (Lipinski definition) is 3. The maximum absolute atomic E-state index is 9.38. The first-order valence-corrected chi connectivity index (χ1v) is 3.20. The molecule has 0 aromatic heterocycles. The molecule has 2 atom stereocenters. The van der Waals surface area contributed by atoms with Crippen LogP contribution in [0.2, 0.25) is 0 Å². The highest BCUT2D eigenvalue weighted by Gasteiger charge is 2.29. The third-order valence-corrected chi connectivity index (χ3v) is 1.85. The van der Waals surface area contributed by atoms with Crippen LogP contribution in [0, 0.1) is 5.92 Å². The van der Waals surface area contributed by atoms with E-state index < -0.39 is 5.72 Å². The third kappa shape index (κ3) is 1.05. The van der Waals surface area contributed by atoms with Crippen molar-refractivity contribution in [3.8, 4) is 0 Å². The minimum absolute atomic E-state index is 0.197. The van der Waals surface area contributed by atoms with Gasteiger partial charge in [-0.1, -0.05) is 13.0 Å². The summed E-state index contributed by atoms with van der Waals surface area (Å²) in [4.78, 5) is 0. The largest absolute Gasteiger partial charge is 0.402 e. The SMILES string of the molecule is CC1C(N)=CC=CC1(N)O. The second kappa shape index (κ2) is 2.11. The van der Waals surface area contributed by atoms with Crippen molar-refractivity contribution >= 4 is 0 Å². The zero-order valence-corrected chi connectivity index (χ0v) is 5.91. The zero-order chi connectivity index (χ0) is 7.78. The lowest BCUT2D eigenvalue weighted by atomic mass is 9.91. The Balaban J connectivity index is 2.89. The second-order valence-corrected chi connectivity index (χ2v) is 2.63. The van der Waals surface area contributed by atoms with E-state index in [1.165, 1.54) is 6.08 Å². The van der Waals surface area contributed by atoms with E-state index in [9.17, 15) is 5.11 Å². The Hall–Kier alpha value is -0.800. The summed E-state index contributed by atoms with van der Waals surface area (Å²) in [5.41, 5.74) is 10.3. The van der Waals surface area contributed by atoms with Crippen LogP contribution in [0.5, 0.6) is 0 Å². The van der Waals surface area contributed by atoms with Crippen LogP contribution in [0.15, 0.2) is 23.9 Å².